The zero-order valence-electron chi connectivity index (χ0n) is 16.2. The van der Waals surface area contributed by atoms with Gasteiger partial charge < -0.3 is 5.32 Å². The van der Waals surface area contributed by atoms with Crippen molar-refractivity contribution in [1.82, 2.24) is 0 Å². The largest absolute Gasteiger partial charge is 0.324 e. The summed E-state index contributed by atoms with van der Waals surface area (Å²) in [6.45, 7) is 7.44. The number of hydrogen-bond donors (Lipinski definition) is 1. The molecule has 0 saturated carbocycles. The number of carbonyl (C=O) groups is 1. The molecule has 0 saturated heterocycles. The molecule has 2 aromatic carbocycles. The van der Waals surface area contributed by atoms with Gasteiger partial charge in [-0.05, 0) is 68.1 Å². The second-order valence-electron chi connectivity index (χ2n) is 6.78. The molecule has 2 rings (SSSR count). The maximum Gasteiger partial charge on any atom is 0.248 e. The summed E-state index contributed by atoms with van der Waals surface area (Å²) in [5.74, 6) is -0.401. The zero-order chi connectivity index (χ0) is 20.4. The number of halogens is 1. The number of rotatable bonds is 6. The second-order valence-corrected chi connectivity index (χ2v) is 9.05. The molecule has 7 heteroatoms. The first-order valence-corrected chi connectivity index (χ1v) is 10.9. The highest BCUT2D eigenvalue weighted by Gasteiger charge is 2.31. The fourth-order valence-corrected chi connectivity index (χ4v) is 4.41. The Labute approximate surface area is 166 Å². The van der Waals surface area contributed by atoms with Gasteiger partial charge in [0, 0.05) is 10.7 Å². The number of carbonyl (C=O) groups excluding carboxylic acids is 1. The molecule has 2 aromatic rings. The summed E-state index contributed by atoms with van der Waals surface area (Å²) in [4.78, 5) is 12.9. The summed E-state index contributed by atoms with van der Waals surface area (Å²) in [6, 6.07) is 9.83. The topological polar surface area (TPSA) is 66.5 Å². The monoisotopic (exact) mass is 408 g/mol. The molecule has 0 radical (unpaired) electrons. The third kappa shape index (κ3) is 5.23. The van der Waals surface area contributed by atoms with Crippen LogP contribution in [0.4, 0.5) is 11.4 Å². The van der Waals surface area contributed by atoms with Crippen LogP contribution in [0.3, 0.4) is 0 Å². The number of nitrogens with zero attached hydrogens (tertiary/aromatic N) is 1. The van der Waals surface area contributed by atoms with Gasteiger partial charge in [0.15, 0.2) is 0 Å². The van der Waals surface area contributed by atoms with Gasteiger partial charge in [-0.2, -0.15) is 0 Å². The number of anilines is 2. The van der Waals surface area contributed by atoms with Crippen LogP contribution in [-0.2, 0) is 14.8 Å². The Morgan fingerprint density at radius 1 is 1.11 bits per heavy atom. The van der Waals surface area contributed by atoms with Gasteiger partial charge in [-0.3, -0.25) is 9.10 Å². The number of benzene rings is 2. The minimum absolute atomic E-state index is 0.325. The van der Waals surface area contributed by atoms with E-state index in [4.69, 9.17) is 11.6 Å². The smallest absolute Gasteiger partial charge is 0.248 e. The van der Waals surface area contributed by atoms with Crippen molar-refractivity contribution >= 4 is 38.9 Å². The standard InChI is InChI=1S/C20H25ClN2O3S/c1-6-19(20(24)22-16-8-7-15(4)18(21)12-16)23(27(5,25)26)17-10-13(2)9-14(3)11-17/h7-12,19H,6H2,1-5H3,(H,22,24)/t19-/m0/s1. The Morgan fingerprint density at radius 2 is 1.70 bits per heavy atom. The van der Waals surface area contributed by atoms with Gasteiger partial charge >= 0.3 is 0 Å². The molecule has 0 aliphatic carbocycles. The van der Waals surface area contributed by atoms with E-state index in [1.54, 1.807) is 37.3 Å². The first kappa shape index (κ1) is 21.3. The normalized spacial score (nSPS) is 12.5. The van der Waals surface area contributed by atoms with Crippen molar-refractivity contribution in [2.75, 3.05) is 15.9 Å². The van der Waals surface area contributed by atoms with Gasteiger partial charge in [0.1, 0.15) is 6.04 Å². The summed E-state index contributed by atoms with van der Waals surface area (Å²) >= 11 is 6.12. The number of nitrogens with one attached hydrogen (secondary N) is 1. The van der Waals surface area contributed by atoms with Crippen LogP contribution in [-0.4, -0.2) is 26.6 Å². The molecule has 0 aromatic heterocycles. The lowest BCUT2D eigenvalue weighted by Crippen LogP contribution is -2.47. The lowest BCUT2D eigenvalue weighted by atomic mass is 10.1. The summed E-state index contributed by atoms with van der Waals surface area (Å²) < 4.78 is 26.3. The van der Waals surface area contributed by atoms with Gasteiger partial charge in [-0.15, -0.1) is 0 Å². The summed E-state index contributed by atoms with van der Waals surface area (Å²) in [5.41, 5.74) is 3.77. The molecule has 0 unspecified atom stereocenters. The van der Waals surface area contributed by atoms with E-state index in [9.17, 15) is 13.2 Å². The number of aryl methyl sites for hydroxylation is 3. The minimum atomic E-state index is -3.67. The van der Waals surface area contributed by atoms with Crippen molar-refractivity contribution in [2.24, 2.45) is 0 Å². The van der Waals surface area contributed by atoms with Crippen LogP contribution in [0, 0.1) is 20.8 Å². The quantitative estimate of drug-likeness (QED) is 0.767. The van der Waals surface area contributed by atoms with Crippen LogP contribution < -0.4 is 9.62 Å². The molecule has 0 bridgehead atoms. The van der Waals surface area contributed by atoms with E-state index < -0.39 is 22.0 Å². The highest BCUT2D eigenvalue weighted by atomic mass is 35.5. The molecule has 0 spiro atoms. The van der Waals surface area contributed by atoms with E-state index in [1.165, 1.54) is 4.31 Å². The number of hydrogen-bond acceptors (Lipinski definition) is 3. The maximum absolute atomic E-state index is 12.9. The van der Waals surface area contributed by atoms with Crippen LogP contribution in [0.5, 0.6) is 0 Å². The molecule has 27 heavy (non-hydrogen) atoms. The SMILES string of the molecule is CC[C@@H](C(=O)Nc1ccc(C)c(Cl)c1)N(c1cc(C)cc(C)c1)S(C)(=O)=O. The molecule has 0 heterocycles. The van der Waals surface area contributed by atoms with Crippen LogP contribution in [0.2, 0.25) is 5.02 Å². The van der Waals surface area contributed by atoms with Crippen molar-refractivity contribution in [3.63, 3.8) is 0 Å². The van der Waals surface area contributed by atoms with Gasteiger partial charge in [0.25, 0.3) is 0 Å². The van der Waals surface area contributed by atoms with E-state index >= 15 is 0 Å². The van der Waals surface area contributed by atoms with Crippen LogP contribution in [0.25, 0.3) is 0 Å². The second kappa shape index (κ2) is 8.31. The molecule has 1 N–H and O–H groups in total. The molecule has 5 nitrogen and oxygen atoms in total. The van der Waals surface area contributed by atoms with Crippen LogP contribution in [0.15, 0.2) is 36.4 Å². The number of sulfonamides is 1. The highest BCUT2D eigenvalue weighted by Crippen LogP contribution is 2.26. The summed E-state index contributed by atoms with van der Waals surface area (Å²) in [7, 11) is -3.67. The first-order chi connectivity index (χ1) is 12.5. The van der Waals surface area contributed by atoms with Crippen molar-refractivity contribution in [3.05, 3.63) is 58.1 Å². The Balaban J connectivity index is 2.42. The van der Waals surface area contributed by atoms with Crippen molar-refractivity contribution < 1.29 is 13.2 Å². The zero-order valence-corrected chi connectivity index (χ0v) is 17.8. The van der Waals surface area contributed by atoms with E-state index in [0.29, 0.717) is 22.8 Å². The first-order valence-electron chi connectivity index (χ1n) is 8.67. The van der Waals surface area contributed by atoms with Crippen molar-refractivity contribution in [2.45, 2.75) is 40.2 Å². The maximum atomic E-state index is 12.9. The average Bonchev–Trinajstić information content (AvgIpc) is 2.53. The fraction of sp³-hybridized carbons (Fsp3) is 0.350. The lowest BCUT2D eigenvalue weighted by Gasteiger charge is -2.30. The van der Waals surface area contributed by atoms with Crippen molar-refractivity contribution in [3.8, 4) is 0 Å². The van der Waals surface area contributed by atoms with E-state index in [-0.39, 0.29) is 0 Å². The predicted octanol–water partition coefficient (Wildman–Crippen LogP) is 4.45. The Hall–Kier alpha value is -2.05. The van der Waals surface area contributed by atoms with Gasteiger partial charge in [-0.1, -0.05) is 30.7 Å². The van der Waals surface area contributed by atoms with Gasteiger partial charge in [-0.25, -0.2) is 8.42 Å². The summed E-state index contributed by atoms with van der Waals surface area (Å²) in [6.07, 6.45) is 1.44. The number of amides is 1. The van der Waals surface area contributed by atoms with Crippen LogP contribution in [0.1, 0.15) is 30.0 Å². The van der Waals surface area contributed by atoms with E-state index in [0.717, 1.165) is 22.9 Å². The molecular formula is C20H25ClN2O3S. The Bertz CT molecular complexity index is 937. The average molecular weight is 409 g/mol. The molecule has 1 amide bonds. The third-order valence-corrected chi connectivity index (χ3v) is 5.82. The lowest BCUT2D eigenvalue weighted by molar-refractivity contribution is -0.117. The molecule has 146 valence electrons. The minimum Gasteiger partial charge on any atom is -0.324 e. The molecule has 0 aliphatic heterocycles. The highest BCUT2D eigenvalue weighted by molar-refractivity contribution is 7.92. The van der Waals surface area contributed by atoms with Gasteiger partial charge in [0.05, 0.1) is 11.9 Å². The van der Waals surface area contributed by atoms with E-state index in [2.05, 4.69) is 5.32 Å². The predicted molar refractivity (Wildman–Crippen MR) is 112 cm³/mol. The van der Waals surface area contributed by atoms with E-state index in [1.807, 2.05) is 26.8 Å². The Kier molecular flexibility index (Phi) is 6.54. The molecule has 0 aliphatic rings. The van der Waals surface area contributed by atoms with Crippen LogP contribution >= 0.6 is 11.6 Å². The molecule has 0 fully saturated rings. The van der Waals surface area contributed by atoms with Gasteiger partial charge in [0.2, 0.25) is 15.9 Å². The van der Waals surface area contributed by atoms with Crippen molar-refractivity contribution in [1.29, 1.82) is 0 Å². The summed E-state index contributed by atoms with van der Waals surface area (Å²) in [5, 5.41) is 3.32. The third-order valence-electron chi connectivity index (χ3n) is 4.23. The Morgan fingerprint density at radius 3 is 2.19 bits per heavy atom. The molecular weight excluding hydrogens is 384 g/mol. The molecule has 1 atom stereocenters. The fourth-order valence-electron chi connectivity index (χ4n) is 3.03.